The minimum absolute atomic E-state index is 0.267. The molecule has 5 heteroatoms. The second-order valence-corrected chi connectivity index (χ2v) is 5.81. The third-order valence-corrected chi connectivity index (χ3v) is 4.53. The van der Waals surface area contributed by atoms with E-state index in [4.69, 9.17) is 4.42 Å². The Morgan fingerprint density at radius 1 is 1.18 bits per heavy atom. The number of hydrogen-bond acceptors (Lipinski definition) is 3. The molecule has 1 aromatic carbocycles. The van der Waals surface area contributed by atoms with Crippen molar-refractivity contribution in [1.29, 1.82) is 0 Å². The van der Waals surface area contributed by atoms with Crippen molar-refractivity contribution in [2.24, 2.45) is 0 Å². The fourth-order valence-electron chi connectivity index (χ4n) is 3.45. The van der Waals surface area contributed by atoms with Gasteiger partial charge < -0.3 is 9.40 Å². The van der Waals surface area contributed by atoms with Gasteiger partial charge in [0.1, 0.15) is 0 Å². The SMILES string of the molecule is O=c1oc2ccccc2n1CCN1CCC[C@@H]1c1ccc[nH]1. The predicted molar refractivity (Wildman–Crippen MR) is 84.8 cm³/mol. The molecule has 0 amide bonds. The first kappa shape index (κ1) is 13.4. The highest BCUT2D eigenvalue weighted by Crippen LogP contribution is 2.30. The van der Waals surface area contributed by atoms with Gasteiger partial charge in [0, 0.05) is 31.0 Å². The van der Waals surface area contributed by atoms with Crippen LogP contribution in [0.3, 0.4) is 0 Å². The molecule has 1 fully saturated rings. The van der Waals surface area contributed by atoms with Crippen LogP contribution in [0.2, 0.25) is 0 Å². The van der Waals surface area contributed by atoms with Gasteiger partial charge in [-0.1, -0.05) is 12.1 Å². The van der Waals surface area contributed by atoms with E-state index in [-0.39, 0.29) is 5.76 Å². The van der Waals surface area contributed by atoms with Gasteiger partial charge in [-0.2, -0.15) is 0 Å². The smallest absolute Gasteiger partial charge is 0.408 e. The molecule has 3 heterocycles. The highest BCUT2D eigenvalue weighted by Gasteiger charge is 2.26. The number of fused-ring (bicyclic) bond motifs is 1. The quantitative estimate of drug-likeness (QED) is 0.805. The second-order valence-electron chi connectivity index (χ2n) is 5.81. The van der Waals surface area contributed by atoms with E-state index < -0.39 is 0 Å². The molecule has 5 nitrogen and oxygen atoms in total. The normalized spacial score (nSPS) is 19.2. The number of H-pyrrole nitrogens is 1. The van der Waals surface area contributed by atoms with Gasteiger partial charge in [0.25, 0.3) is 0 Å². The number of rotatable bonds is 4. The molecule has 2 aromatic heterocycles. The van der Waals surface area contributed by atoms with Crippen molar-refractivity contribution in [3.63, 3.8) is 0 Å². The molecule has 0 unspecified atom stereocenters. The van der Waals surface area contributed by atoms with E-state index in [0.717, 1.165) is 18.6 Å². The van der Waals surface area contributed by atoms with Gasteiger partial charge in [0.05, 0.1) is 5.52 Å². The summed E-state index contributed by atoms with van der Waals surface area (Å²) in [5.74, 6) is -0.267. The molecule has 0 saturated carbocycles. The molecule has 0 radical (unpaired) electrons. The van der Waals surface area contributed by atoms with Crippen LogP contribution in [-0.2, 0) is 6.54 Å². The van der Waals surface area contributed by atoms with E-state index in [2.05, 4.69) is 16.0 Å². The van der Waals surface area contributed by atoms with Crippen molar-refractivity contribution in [1.82, 2.24) is 14.5 Å². The number of para-hydroxylation sites is 2. The average Bonchev–Trinajstić information content (AvgIpc) is 3.24. The fourth-order valence-corrected chi connectivity index (χ4v) is 3.45. The Bertz CT molecular complexity index is 816. The molecule has 1 N–H and O–H groups in total. The van der Waals surface area contributed by atoms with Crippen LogP contribution in [0.15, 0.2) is 51.8 Å². The maximum Gasteiger partial charge on any atom is 0.419 e. The Morgan fingerprint density at radius 3 is 2.95 bits per heavy atom. The van der Waals surface area contributed by atoms with Gasteiger partial charge in [0.2, 0.25) is 0 Å². The number of aromatic amines is 1. The average molecular weight is 297 g/mol. The van der Waals surface area contributed by atoms with E-state index in [1.807, 2.05) is 36.5 Å². The summed E-state index contributed by atoms with van der Waals surface area (Å²) in [7, 11) is 0. The summed E-state index contributed by atoms with van der Waals surface area (Å²) in [6.45, 7) is 2.59. The van der Waals surface area contributed by atoms with Crippen LogP contribution >= 0.6 is 0 Å². The number of benzene rings is 1. The highest BCUT2D eigenvalue weighted by molar-refractivity contribution is 5.72. The van der Waals surface area contributed by atoms with Crippen LogP contribution in [0.1, 0.15) is 24.6 Å². The second kappa shape index (κ2) is 5.50. The van der Waals surface area contributed by atoms with Crippen molar-refractivity contribution in [2.75, 3.05) is 13.1 Å². The molecule has 114 valence electrons. The monoisotopic (exact) mass is 297 g/mol. The van der Waals surface area contributed by atoms with Gasteiger partial charge in [-0.05, 0) is 43.7 Å². The number of nitrogens with zero attached hydrogens (tertiary/aromatic N) is 2. The molecule has 0 bridgehead atoms. The van der Waals surface area contributed by atoms with Crippen LogP contribution in [-0.4, -0.2) is 27.5 Å². The zero-order valence-electron chi connectivity index (χ0n) is 12.4. The molecule has 3 aromatic rings. The number of hydrogen-bond donors (Lipinski definition) is 1. The standard InChI is InChI=1S/C17H19N3O2/c21-17-20(15-6-1-2-8-16(15)22-17)12-11-19-10-4-7-14(19)13-5-3-9-18-13/h1-3,5-6,8-9,14,18H,4,7,10-12H2/t14-/m1/s1. The summed E-state index contributed by atoms with van der Waals surface area (Å²) < 4.78 is 7.03. The lowest BCUT2D eigenvalue weighted by Gasteiger charge is -2.23. The maximum absolute atomic E-state index is 12.0. The molecule has 1 atom stereocenters. The third kappa shape index (κ3) is 2.27. The minimum atomic E-state index is -0.267. The Hall–Kier alpha value is -2.27. The van der Waals surface area contributed by atoms with Gasteiger partial charge in [-0.15, -0.1) is 0 Å². The lowest BCUT2D eigenvalue weighted by Crippen LogP contribution is -2.29. The van der Waals surface area contributed by atoms with Gasteiger partial charge in [-0.25, -0.2) is 4.79 Å². The molecule has 1 aliphatic rings. The third-order valence-electron chi connectivity index (χ3n) is 4.53. The minimum Gasteiger partial charge on any atom is -0.408 e. The van der Waals surface area contributed by atoms with Crippen LogP contribution < -0.4 is 5.76 Å². The molecule has 1 aliphatic heterocycles. The molecule has 4 rings (SSSR count). The summed E-state index contributed by atoms with van der Waals surface area (Å²) in [4.78, 5) is 17.8. The molecule has 0 spiro atoms. The maximum atomic E-state index is 12.0. The first-order chi connectivity index (χ1) is 10.8. The summed E-state index contributed by atoms with van der Waals surface area (Å²) in [5.41, 5.74) is 2.81. The number of likely N-dealkylation sites (tertiary alicyclic amines) is 1. The number of aromatic nitrogens is 2. The van der Waals surface area contributed by atoms with Crippen LogP contribution in [0, 0.1) is 0 Å². The predicted octanol–water partition coefficient (Wildman–Crippen LogP) is 2.76. The summed E-state index contributed by atoms with van der Waals surface area (Å²) >= 11 is 0. The Kier molecular flexibility index (Phi) is 3.35. The first-order valence-corrected chi connectivity index (χ1v) is 7.78. The molecule has 0 aliphatic carbocycles. The van der Waals surface area contributed by atoms with Crippen LogP contribution in [0.5, 0.6) is 0 Å². The van der Waals surface area contributed by atoms with Crippen molar-refractivity contribution in [2.45, 2.75) is 25.4 Å². The van der Waals surface area contributed by atoms with E-state index in [0.29, 0.717) is 18.2 Å². The van der Waals surface area contributed by atoms with Crippen molar-refractivity contribution >= 4 is 11.1 Å². The van der Waals surface area contributed by atoms with Crippen molar-refractivity contribution in [3.05, 3.63) is 58.8 Å². The van der Waals surface area contributed by atoms with E-state index in [1.165, 1.54) is 18.5 Å². The van der Waals surface area contributed by atoms with E-state index >= 15 is 0 Å². The summed E-state index contributed by atoms with van der Waals surface area (Å²) in [6, 6.07) is 12.2. The lowest BCUT2D eigenvalue weighted by atomic mass is 10.1. The fraction of sp³-hybridized carbons (Fsp3) is 0.353. The lowest BCUT2D eigenvalue weighted by molar-refractivity contribution is 0.242. The molecular weight excluding hydrogens is 278 g/mol. The Morgan fingerprint density at radius 2 is 2.09 bits per heavy atom. The number of nitrogens with one attached hydrogen (secondary N) is 1. The van der Waals surface area contributed by atoms with Gasteiger partial charge in [0.15, 0.2) is 5.58 Å². The van der Waals surface area contributed by atoms with E-state index in [9.17, 15) is 4.79 Å². The zero-order chi connectivity index (χ0) is 14.9. The van der Waals surface area contributed by atoms with Crippen LogP contribution in [0.4, 0.5) is 0 Å². The largest absolute Gasteiger partial charge is 0.419 e. The topological polar surface area (TPSA) is 54.2 Å². The Balaban J connectivity index is 1.54. The first-order valence-electron chi connectivity index (χ1n) is 7.78. The molecule has 1 saturated heterocycles. The summed E-state index contributed by atoms with van der Waals surface area (Å²) in [6.07, 6.45) is 4.34. The van der Waals surface area contributed by atoms with Crippen LogP contribution in [0.25, 0.3) is 11.1 Å². The zero-order valence-corrected chi connectivity index (χ0v) is 12.4. The summed E-state index contributed by atoms with van der Waals surface area (Å²) in [5, 5.41) is 0. The van der Waals surface area contributed by atoms with Crippen molar-refractivity contribution in [3.8, 4) is 0 Å². The van der Waals surface area contributed by atoms with Gasteiger partial charge in [-0.3, -0.25) is 9.47 Å². The van der Waals surface area contributed by atoms with Crippen molar-refractivity contribution < 1.29 is 4.42 Å². The van der Waals surface area contributed by atoms with E-state index in [1.54, 1.807) is 4.57 Å². The Labute approximate surface area is 128 Å². The molecule has 22 heavy (non-hydrogen) atoms. The number of oxazole rings is 1. The van der Waals surface area contributed by atoms with Gasteiger partial charge >= 0.3 is 5.76 Å². The molecular formula is C17H19N3O2. The highest BCUT2D eigenvalue weighted by atomic mass is 16.4.